The molecule has 6 rings (SSSR count). The molecule has 276 valence electrons. The summed E-state index contributed by atoms with van der Waals surface area (Å²) in [4.78, 5) is 36.6. The zero-order valence-corrected chi connectivity index (χ0v) is 30.0. The summed E-state index contributed by atoms with van der Waals surface area (Å²) in [6, 6.07) is 13.1. The lowest BCUT2D eigenvalue weighted by molar-refractivity contribution is -0.132. The molecular weight excluding hydrogens is 654 g/mol. The highest BCUT2D eigenvalue weighted by Crippen LogP contribution is 2.40. The SMILES string of the molecule is C#C.C=C(c1oc2cc(C)ccc2c1N=C(N)C(F)(F)CCCCCC(=O)N1CCC(C)CC1)N1CCCC1.CO.O=c1[nH]c2ccccc2[nH]1. The second kappa shape index (κ2) is 19.5. The number of aliphatic imine (C=N–C) groups is 1. The number of aromatic amines is 2. The number of aliphatic hydroxyl groups is 1. The maximum atomic E-state index is 15.0. The van der Waals surface area contributed by atoms with Gasteiger partial charge in [-0.1, -0.05) is 38.1 Å². The molecule has 0 aliphatic carbocycles. The van der Waals surface area contributed by atoms with Crippen LogP contribution in [0.2, 0.25) is 0 Å². The number of aromatic nitrogens is 2. The number of amides is 1. The number of aryl methyl sites for hydroxylation is 1. The zero-order valence-electron chi connectivity index (χ0n) is 30.0. The van der Waals surface area contributed by atoms with Crippen molar-refractivity contribution < 1.29 is 23.1 Å². The quantitative estimate of drug-likeness (QED) is 0.0588. The number of nitrogens with two attached hydrogens (primary N) is 1. The molecule has 2 fully saturated rings. The number of para-hydroxylation sites is 2. The number of terminal acetylenes is 1. The predicted octanol–water partition coefficient (Wildman–Crippen LogP) is 7.35. The van der Waals surface area contributed by atoms with E-state index < -0.39 is 18.2 Å². The Labute approximate surface area is 298 Å². The third-order valence-corrected chi connectivity index (χ3v) is 9.12. The van der Waals surface area contributed by atoms with E-state index in [2.05, 4.69) is 46.2 Å². The third kappa shape index (κ3) is 11.0. The van der Waals surface area contributed by atoms with Crippen molar-refractivity contribution in [1.82, 2.24) is 19.8 Å². The number of imidazole rings is 1. The number of piperidine rings is 1. The number of fused-ring (bicyclic) bond motifs is 2. The van der Waals surface area contributed by atoms with Crippen LogP contribution in [0, 0.1) is 25.7 Å². The maximum Gasteiger partial charge on any atom is 0.323 e. The van der Waals surface area contributed by atoms with Crippen LogP contribution in [-0.2, 0) is 4.79 Å². The van der Waals surface area contributed by atoms with Crippen LogP contribution >= 0.6 is 0 Å². The highest BCUT2D eigenvalue weighted by atomic mass is 19.3. The third-order valence-electron chi connectivity index (χ3n) is 9.12. The molecule has 0 saturated carbocycles. The van der Waals surface area contributed by atoms with Crippen molar-refractivity contribution in [3.8, 4) is 12.8 Å². The molecular formula is C39H52F2N6O4. The van der Waals surface area contributed by atoms with Gasteiger partial charge in [-0.3, -0.25) is 4.79 Å². The van der Waals surface area contributed by atoms with Crippen LogP contribution in [0.4, 0.5) is 14.5 Å². The number of halogens is 2. The summed E-state index contributed by atoms with van der Waals surface area (Å²) in [5, 5.41) is 7.64. The lowest BCUT2D eigenvalue weighted by Gasteiger charge is -2.30. The number of carbonyl (C=O) groups excluding carboxylic acids is 1. The van der Waals surface area contributed by atoms with Crippen molar-refractivity contribution in [1.29, 1.82) is 0 Å². The fourth-order valence-electron chi connectivity index (χ4n) is 6.15. The molecule has 10 nitrogen and oxygen atoms in total. The molecule has 12 heteroatoms. The molecule has 0 bridgehead atoms. The normalized spacial score (nSPS) is 15.0. The Morgan fingerprint density at radius 3 is 2.24 bits per heavy atom. The Bertz CT molecular complexity index is 1790. The fourth-order valence-corrected chi connectivity index (χ4v) is 6.15. The van der Waals surface area contributed by atoms with Crippen LogP contribution in [0.15, 0.2) is 63.2 Å². The van der Waals surface area contributed by atoms with E-state index in [1.807, 2.05) is 54.3 Å². The summed E-state index contributed by atoms with van der Waals surface area (Å²) in [5.41, 5.74) is 10.0. The number of amidine groups is 1. The van der Waals surface area contributed by atoms with E-state index in [0.717, 1.165) is 75.6 Å². The van der Waals surface area contributed by atoms with E-state index in [0.29, 0.717) is 53.3 Å². The van der Waals surface area contributed by atoms with Gasteiger partial charge in [-0.15, -0.1) is 12.8 Å². The van der Waals surface area contributed by atoms with Crippen LogP contribution in [-0.4, -0.2) is 75.8 Å². The number of nitrogens with zero attached hydrogens (tertiary/aromatic N) is 3. The molecule has 4 heterocycles. The van der Waals surface area contributed by atoms with Crippen LogP contribution in [0.25, 0.3) is 27.7 Å². The first-order valence-corrected chi connectivity index (χ1v) is 17.4. The van der Waals surface area contributed by atoms with Gasteiger partial charge in [0, 0.05) is 51.5 Å². The Balaban J connectivity index is 0.000000420. The highest BCUT2D eigenvalue weighted by Gasteiger charge is 2.35. The number of nitrogens with one attached hydrogen (secondary N) is 2. The molecule has 2 aromatic heterocycles. The van der Waals surface area contributed by atoms with Crippen LogP contribution in [0.1, 0.15) is 76.0 Å². The number of aliphatic hydroxyl groups excluding tert-OH is 1. The lowest BCUT2D eigenvalue weighted by atomic mass is 9.99. The number of carbonyl (C=O) groups is 1. The van der Waals surface area contributed by atoms with Crippen molar-refractivity contribution in [3.63, 3.8) is 0 Å². The van der Waals surface area contributed by atoms with Gasteiger partial charge in [0.25, 0.3) is 0 Å². The van der Waals surface area contributed by atoms with Crippen molar-refractivity contribution in [2.24, 2.45) is 16.6 Å². The number of likely N-dealkylation sites (tertiary alicyclic amines) is 2. The first-order chi connectivity index (χ1) is 24.5. The molecule has 4 aromatic rings. The Morgan fingerprint density at radius 2 is 1.63 bits per heavy atom. The van der Waals surface area contributed by atoms with Gasteiger partial charge >= 0.3 is 11.6 Å². The van der Waals surface area contributed by atoms with Gasteiger partial charge in [-0.05, 0) is 81.2 Å². The predicted molar refractivity (Wildman–Crippen MR) is 202 cm³/mol. The molecule has 2 aliphatic heterocycles. The number of benzene rings is 2. The minimum Gasteiger partial charge on any atom is -0.452 e. The second-order valence-corrected chi connectivity index (χ2v) is 12.9. The number of rotatable bonds is 10. The fraction of sp³-hybridized carbons (Fsp3) is 0.462. The van der Waals surface area contributed by atoms with Crippen LogP contribution in [0.5, 0.6) is 0 Å². The first-order valence-electron chi connectivity index (χ1n) is 17.4. The van der Waals surface area contributed by atoms with E-state index >= 15 is 8.78 Å². The largest absolute Gasteiger partial charge is 0.452 e. The summed E-state index contributed by atoms with van der Waals surface area (Å²) in [6.45, 7) is 11.6. The number of hydrogen-bond donors (Lipinski definition) is 4. The van der Waals surface area contributed by atoms with Crippen molar-refractivity contribution in [3.05, 3.63) is 70.9 Å². The number of hydrogen-bond acceptors (Lipinski definition) is 6. The molecule has 2 aromatic carbocycles. The summed E-state index contributed by atoms with van der Waals surface area (Å²) in [7, 11) is 1.00. The molecule has 5 N–H and O–H groups in total. The van der Waals surface area contributed by atoms with Gasteiger partial charge < -0.3 is 35.0 Å². The van der Waals surface area contributed by atoms with Gasteiger partial charge in [0.05, 0.1) is 16.7 Å². The van der Waals surface area contributed by atoms with Gasteiger partial charge in [0.15, 0.2) is 11.6 Å². The van der Waals surface area contributed by atoms with Crippen molar-refractivity contribution >= 4 is 45.1 Å². The van der Waals surface area contributed by atoms with Crippen molar-refractivity contribution in [2.45, 2.75) is 77.6 Å². The van der Waals surface area contributed by atoms with E-state index in [1.165, 1.54) is 0 Å². The molecule has 0 spiro atoms. The lowest BCUT2D eigenvalue weighted by Crippen LogP contribution is -2.37. The van der Waals surface area contributed by atoms with Crippen LogP contribution in [0.3, 0.4) is 0 Å². The summed E-state index contributed by atoms with van der Waals surface area (Å²) < 4.78 is 36.1. The molecule has 51 heavy (non-hydrogen) atoms. The topological polar surface area (TPSA) is 144 Å². The summed E-state index contributed by atoms with van der Waals surface area (Å²) in [6.07, 6.45) is 13.6. The van der Waals surface area contributed by atoms with Gasteiger partial charge in [0.2, 0.25) is 5.91 Å². The Kier molecular flexibility index (Phi) is 15.5. The minimum atomic E-state index is -3.26. The molecule has 0 atom stereocenters. The van der Waals surface area contributed by atoms with E-state index in [9.17, 15) is 9.59 Å². The first kappa shape index (κ1) is 40.5. The zero-order chi connectivity index (χ0) is 37.6. The smallest absolute Gasteiger partial charge is 0.323 e. The second-order valence-electron chi connectivity index (χ2n) is 12.9. The number of alkyl halides is 2. The summed E-state index contributed by atoms with van der Waals surface area (Å²) >= 11 is 0. The van der Waals surface area contributed by atoms with E-state index in [-0.39, 0.29) is 18.0 Å². The molecule has 1 amide bonds. The highest BCUT2D eigenvalue weighted by molar-refractivity contribution is 6.00. The molecule has 0 unspecified atom stereocenters. The minimum absolute atomic E-state index is 0.132. The monoisotopic (exact) mass is 706 g/mol. The number of unbranched alkanes of at least 4 members (excludes halogenated alkanes) is 2. The Hall–Kier alpha value is -4.89. The Morgan fingerprint density at radius 1 is 1.02 bits per heavy atom. The number of furan rings is 1. The average Bonchev–Trinajstić information content (AvgIpc) is 3.89. The summed E-state index contributed by atoms with van der Waals surface area (Å²) in [5.74, 6) is -2.78. The molecule has 2 saturated heterocycles. The molecule has 0 radical (unpaired) electrons. The van der Waals surface area contributed by atoms with Crippen LogP contribution < -0.4 is 11.4 Å². The van der Waals surface area contributed by atoms with E-state index in [1.54, 1.807) is 0 Å². The number of H-pyrrole nitrogens is 2. The van der Waals surface area contributed by atoms with Gasteiger partial charge in [0.1, 0.15) is 11.3 Å². The van der Waals surface area contributed by atoms with Crippen molar-refractivity contribution in [2.75, 3.05) is 33.3 Å². The average molecular weight is 707 g/mol. The van der Waals surface area contributed by atoms with Gasteiger partial charge in [-0.25, -0.2) is 9.79 Å². The van der Waals surface area contributed by atoms with E-state index in [4.69, 9.17) is 15.3 Å². The standard InChI is InChI=1S/C29H40F2N4O2.C7H6N2O.C2H2.CH4O/c1-20-12-17-35(18-13-20)25(36)9-5-4-6-14-29(30,31)28(32)33-26-23-11-10-21(2)19-24(23)37-27(26)22(3)34-15-7-8-16-34;10-7-8-5-3-1-2-4-6(5)9-7;2*1-2/h10-11,19-20H,3-9,12-18H2,1-2H3,(H2,32,33);1-4H,(H2,8,9,10);1-2H;2H,1H3. The maximum absolute atomic E-state index is 15.0. The van der Waals surface area contributed by atoms with Gasteiger partial charge in [-0.2, -0.15) is 8.78 Å². The molecule has 2 aliphatic rings.